The van der Waals surface area contributed by atoms with Gasteiger partial charge in [-0.15, -0.1) is 0 Å². The lowest BCUT2D eigenvalue weighted by atomic mass is 10.0. The highest BCUT2D eigenvalue weighted by Crippen LogP contribution is 2.49. The molecule has 0 fully saturated rings. The molecule has 0 aliphatic rings. The number of para-hydroxylation sites is 1. The number of hydrogen-bond acceptors (Lipinski definition) is 4. The van der Waals surface area contributed by atoms with E-state index >= 15 is 0 Å². The summed E-state index contributed by atoms with van der Waals surface area (Å²) in [5.74, 6) is -0.464. The molecule has 30 heavy (non-hydrogen) atoms. The Labute approximate surface area is 176 Å². The Morgan fingerprint density at radius 1 is 1.03 bits per heavy atom. The van der Waals surface area contributed by atoms with Crippen LogP contribution >= 0.6 is 7.37 Å². The van der Waals surface area contributed by atoms with Crippen molar-refractivity contribution >= 4 is 29.9 Å². The molecule has 0 atom stereocenters. The van der Waals surface area contributed by atoms with Crippen LogP contribution in [0, 0.1) is 0 Å². The highest BCUT2D eigenvalue weighted by atomic mass is 31.2. The number of anilines is 1. The van der Waals surface area contributed by atoms with Crippen LogP contribution in [0.2, 0.25) is 0 Å². The Balaban J connectivity index is 2.33. The molecule has 1 N–H and O–H groups in total. The van der Waals surface area contributed by atoms with Crippen molar-refractivity contribution in [1.82, 2.24) is 4.57 Å². The second-order valence-corrected chi connectivity index (χ2v) is 10.2. The average Bonchev–Trinajstić information content (AvgIpc) is 2.77. The zero-order chi connectivity index (χ0) is 21.9. The number of nitrogens with one attached hydrogen (secondary N) is 1. The van der Waals surface area contributed by atoms with Gasteiger partial charge in [0.05, 0.1) is 5.52 Å². The number of hydrogen-bond donors (Lipinski definition) is 1. The second kappa shape index (κ2) is 8.88. The fourth-order valence-electron chi connectivity index (χ4n) is 3.45. The number of aryl methyl sites for hydroxylation is 2. The minimum absolute atomic E-state index is 0.117. The SMILES string of the molecule is CCc1cccc2c1c(OP(=O)(CC)CC)c(C(=O)Nc1ccccc1)c(=O)n2C. The van der Waals surface area contributed by atoms with E-state index in [9.17, 15) is 14.2 Å². The lowest BCUT2D eigenvalue weighted by Gasteiger charge is -2.22. The maximum Gasteiger partial charge on any atom is 0.267 e. The van der Waals surface area contributed by atoms with Gasteiger partial charge in [-0.25, -0.2) is 0 Å². The molecule has 3 aromatic rings. The average molecular weight is 426 g/mol. The number of benzene rings is 2. The number of aromatic nitrogens is 1. The molecular formula is C23H27N2O4P. The molecule has 0 radical (unpaired) electrons. The number of rotatable bonds is 7. The van der Waals surface area contributed by atoms with E-state index in [1.165, 1.54) is 4.57 Å². The number of pyridine rings is 1. The third-order valence-corrected chi connectivity index (χ3v) is 7.77. The molecule has 1 heterocycles. The van der Waals surface area contributed by atoms with Gasteiger partial charge in [0.25, 0.3) is 11.5 Å². The topological polar surface area (TPSA) is 77.4 Å². The zero-order valence-electron chi connectivity index (χ0n) is 17.8. The predicted molar refractivity (Wildman–Crippen MR) is 122 cm³/mol. The van der Waals surface area contributed by atoms with Gasteiger partial charge in [-0.3, -0.25) is 14.2 Å². The van der Waals surface area contributed by atoms with Crippen LogP contribution in [-0.4, -0.2) is 22.8 Å². The molecule has 158 valence electrons. The van der Waals surface area contributed by atoms with Crippen molar-refractivity contribution in [2.45, 2.75) is 27.2 Å². The Hall–Kier alpha value is -2.85. The van der Waals surface area contributed by atoms with Crippen LogP contribution in [0.25, 0.3) is 10.9 Å². The van der Waals surface area contributed by atoms with Crippen LogP contribution in [0.15, 0.2) is 53.3 Å². The lowest BCUT2D eigenvalue weighted by molar-refractivity contribution is 0.102. The summed E-state index contributed by atoms with van der Waals surface area (Å²) in [6.45, 7) is 5.57. The monoisotopic (exact) mass is 426 g/mol. The van der Waals surface area contributed by atoms with Crippen molar-refractivity contribution in [1.29, 1.82) is 0 Å². The predicted octanol–water partition coefficient (Wildman–Crippen LogP) is 5.05. The Morgan fingerprint density at radius 3 is 2.30 bits per heavy atom. The maximum absolute atomic E-state index is 13.2. The van der Waals surface area contributed by atoms with Gasteiger partial charge in [-0.1, -0.05) is 51.1 Å². The number of fused-ring (bicyclic) bond motifs is 1. The molecule has 2 aromatic carbocycles. The molecule has 0 aliphatic carbocycles. The van der Waals surface area contributed by atoms with E-state index in [-0.39, 0.29) is 11.3 Å². The molecule has 0 saturated heterocycles. The van der Waals surface area contributed by atoms with Crippen molar-refractivity contribution in [3.05, 3.63) is 70.0 Å². The first-order valence-electron chi connectivity index (χ1n) is 10.1. The number of carbonyl (C=O) groups excluding carboxylic acids is 1. The van der Waals surface area contributed by atoms with Gasteiger partial charge in [0, 0.05) is 30.4 Å². The van der Waals surface area contributed by atoms with Crippen molar-refractivity contribution in [2.24, 2.45) is 7.05 Å². The van der Waals surface area contributed by atoms with Gasteiger partial charge in [0.2, 0.25) is 7.37 Å². The zero-order valence-corrected chi connectivity index (χ0v) is 18.7. The van der Waals surface area contributed by atoms with E-state index in [0.29, 0.717) is 35.3 Å². The smallest absolute Gasteiger partial charge is 0.267 e. The van der Waals surface area contributed by atoms with E-state index in [0.717, 1.165) is 5.56 Å². The van der Waals surface area contributed by atoms with Crippen molar-refractivity contribution in [3.63, 3.8) is 0 Å². The summed E-state index contributed by atoms with van der Waals surface area (Å²) in [6, 6.07) is 14.5. The Kier molecular flexibility index (Phi) is 6.47. The number of amides is 1. The number of nitrogens with zero attached hydrogens (tertiary/aromatic N) is 1. The molecule has 0 bridgehead atoms. The fraction of sp³-hybridized carbons (Fsp3) is 0.304. The molecule has 0 unspecified atom stereocenters. The third-order valence-electron chi connectivity index (χ3n) is 5.32. The quantitative estimate of drug-likeness (QED) is 0.537. The largest absolute Gasteiger partial charge is 0.441 e. The minimum Gasteiger partial charge on any atom is -0.441 e. The van der Waals surface area contributed by atoms with Gasteiger partial charge in [0.15, 0.2) is 5.75 Å². The van der Waals surface area contributed by atoms with Crippen LogP contribution in [0.3, 0.4) is 0 Å². The van der Waals surface area contributed by atoms with E-state index < -0.39 is 18.8 Å². The van der Waals surface area contributed by atoms with E-state index in [4.69, 9.17) is 4.52 Å². The first-order valence-corrected chi connectivity index (χ1v) is 12.1. The van der Waals surface area contributed by atoms with Crippen molar-refractivity contribution < 1.29 is 13.9 Å². The summed E-state index contributed by atoms with van der Waals surface area (Å²) in [5.41, 5.74) is 1.51. The van der Waals surface area contributed by atoms with Crippen LogP contribution in [0.1, 0.15) is 36.7 Å². The van der Waals surface area contributed by atoms with E-state index in [2.05, 4.69) is 5.32 Å². The molecule has 6 nitrogen and oxygen atoms in total. The van der Waals surface area contributed by atoms with Crippen LogP contribution < -0.4 is 15.4 Å². The summed E-state index contributed by atoms with van der Waals surface area (Å²) in [5, 5.41) is 3.42. The lowest BCUT2D eigenvalue weighted by Crippen LogP contribution is -2.29. The van der Waals surface area contributed by atoms with Gasteiger partial charge in [0.1, 0.15) is 5.56 Å². The minimum atomic E-state index is -3.05. The maximum atomic E-state index is 13.2. The fourth-order valence-corrected chi connectivity index (χ4v) is 4.67. The van der Waals surface area contributed by atoms with Gasteiger partial charge < -0.3 is 14.4 Å². The van der Waals surface area contributed by atoms with E-state index in [1.54, 1.807) is 45.2 Å². The summed E-state index contributed by atoms with van der Waals surface area (Å²) < 4.78 is 20.7. The standard InChI is InChI=1S/C23H27N2O4P/c1-5-16-12-11-15-18-19(16)21(29-30(28,6-2)7-3)20(23(27)25(18)4)22(26)24-17-13-9-8-10-14-17/h8-15H,5-7H2,1-4H3,(H,24,26). The molecule has 1 amide bonds. The molecule has 0 aliphatic heterocycles. The second-order valence-electron chi connectivity index (χ2n) is 7.09. The van der Waals surface area contributed by atoms with Gasteiger partial charge >= 0.3 is 0 Å². The number of carbonyl (C=O) groups is 1. The molecule has 3 rings (SSSR count). The highest BCUT2D eigenvalue weighted by Gasteiger charge is 2.29. The molecular weight excluding hydrogens is 399 g/mol. The first-order chi connectivity index (χ1) is 14.3. The molecule has 7 heteroatoms. The first kappa shape index (κ1) is 21.8. The molecule has 1 aromatic heterocycles. The van der Waals surface area contributed by atoms with Crippen molar-refractivity contribution in [3.8, 4) is 5.75 Å². The van der Waals surface area contributed by atoms with Crippen LogP contribution in [-0.2, 0) is 18.0 Å². The van der Waals surface area contributed by atoms with E-state index in [1.807, 2.05) is 31.2 Å². The summed E-state index contributed by atoms with van der Waals surface area (Å²) >= 11 is 0. The molecule has 0 spiro atoms. The summed E-state index contributed by atoms with van der Waals surface area (Å²) in [7, 11) is -1.42. The normalized spacial score (nSPS) is 11.5. The Bertz CT molecular complexity index is 1180. The summed E-state index contributed by atoms with van der Waals surface area (Å²) in [6.07, 6.45) is 1.30. The molecule has 0 saturated carbocycles. The van der Waals surface area contributed by atoms with Crippen molar-refractivity contribution in [2.75, 3.05) is 17.6 Å². The third kappa shape index (κ3) is 4.05. The van der Waals surface area contributed by atoms with Gasteiger partial charge in [-0.05, 0) is 30.2 Å². The summed E-state index contributed by atoms with van der Waals surface area (Å²) in [4.78, 5) is 26.4. The van der Waals surface area contributed by atoms with Crippen LogP contribution in [0.5, 0.6) is 5.75 Å². The van der Waals surface area contributed by atoms with Gasteiger partial charge in [-0.2, -0.15) is 0 Å². The highest BCUT2D eigenvalue weighted by molar-refractivity contribution is 7.59. The Morgan fingerprint density at radius 2 is 1.70 bits per heavy atom. The van der Waals surface area contributed by atoms with Crippen LogP contribution in [0.4, 0.5) is 5.69 Å².